The molecule has 0 aliphatic carbocycles. The van der Waals surface area contributed by atoms with Crippen molar-refractivity contribution in [1.82, 2.24) is 0 Å². The van der Waals surface area contributed by atoms with Crippen LogP contribution in [-0.4, -0.2) is 10.2 Å². The van der Waals surface area contributed by atoms with E-state index >= 15 is 0 Å². The molecule has 0 saturated heterocycles. The van der Waals surface area contributed by atoms with Crippen LogP contribution in [0.25, 0.3) is 11.1 Å². The van der Waals surface area contributed by atoms with Crippen LogP contribution in [0.4, 0.5) is 0 Å². The summed E-state index contributed by atoms with van der Waals surface area (Å²) in [6.07, 6.45) is -0.979. The number of benzene rings is 2. The molecular formula is C34H30Fe2O2-4. The molecular weight excluding hydrogens is 552 g/mol. The molecule has 6 rings (SSSR count). The second kappa shape index (κ2) is 16.6. The Hall–Kier alpha value is -3.20. The molecule has 0 aliphatic heterocycles. The van der Waals surface area contributed by atoms with E-state index in [4.69, 9.17) is 0 Å². The Morgan fingerprint density at radius 3 is 0.921 bits per heavy atom. The number of rotatable bonds is 5. The molecule has 0 heterocycles. The summed E-state index contributed by atoms with van der Waals surface area (Å²) in [5, 5.41) is 19.8. The van der Waals surface area contributed by atoms with Crippen LogP contribution in [0.5, 0.6) is 0 Å². The third kappa shape index (κ3) is 8.97. The molecule has 4 heteroatoms. The summed E-state index contributed by atoms with van der Waals surface area (Å²) in [6, 6.07) is 51.5. The van der Waals surface area contributed by atoms with Crippen LogP contribution >= 0.6 is 0 Å². The molecule has 0 aromatic heterocycles. The van der Waals surface area contributed by atoms with Gasteiger partial charge in [-0.3, -0.25) is 0 Å². The Bertz CT molecular complexity index is 1210. The molecule has 198 valence electrons. The van der Waals surface area contributed by atoms with E-state index in [1.807, 2.05) is 109 Å². The third-order valence-corrected chi connectivity index (χ3v) is 5.90. The molecule has 0 radical (unpaired) electrons. The van der Waals surface area contributed by atoms with E-state index in [2.05, 4.69) is 48.5 Å². The van der Waals surface area contributed by atoms with Gasteiger partial charge in [-0.2, -0.15) is 83.9 Å². The fraction of sp³-hybridized carbons (Fsp3) is 0.0588. The first kappa shape index (κ1) is 31.0. The minimum Gasteiger partial charge on any atom is -0.396 e. The summed E-state index contributed by atoms with van der Waals surface area (Å²) in [5.74, 6) is 0. The van der Waals surface area contributed by atoms with Crippen molar-refractivity contribution < 1.29 is 44.4 Å². The number of aliphatic hydroxyl groups is 2. The molecule has 38 heavy (non-hydrogen) atoms. The first-order valence-electron chi connectivity index (χ1n) is 12.1. The molecule has 0 spiro atoms. The predicted molar refractivity (Wildman–Crippen MR) is 148 cm³/mol. The largest absolute Gasteiger partial charge is 0.396 e. The Balaban J connectivity index is 0.000000197. The van der Waals surface area contributed by atoms with Crippen molar-refractivity contribution in [2.75, 3.05) is 0 Å². The normalized spacial score (nSPS) is 11.3. The Morgan fingerprint density at radius 1 is 0.368 bits per heavy atom. The predicted octanol–water partition coefficient (Wildman–Crippen LogP) is 7.76. The molecule has 0 aliphatic rings. The minimum absolute atomic E-state index is 0. The maximum atomic E-state index is 9.88. The van der Waals surface area contributed by atoms with E-state index in [-0.39, 0.29) is 34.1 Å². The van der Waals surface area contributed by atoms with Crippen molar-refractivity contribution in [3.8, 4) is 11.1 Å². The fourth-order valence-corrected chi connectivity index (χ4v) is 3.93. The summed E-state index contributed by atoms with van der Waals surface area (Å²) in [6.45, 7) is 0. The maximum Gasteiger partial charge on any atom is 0.0602 e. The van der Waals surface area contributed by atoms with Crippen molar-refractivity contribution in [2.24, 2.45) is 0 Å². The van der Waals surface area contributed by atoms with Crippen molar-refractivity contribution in [2.45, 2.75) is 12.2 Å². The van der Waals surface area contributed by atoms with Gasteiger partial charge in [-0.1, -0.05) is 60.7 Å². The molecule has 6 aromatic carbocycles. The molecule has 2 nitrogen and oxygen atoms in total. The fourth-order valence-electron chi connectivity index (χ4n) is 3.93. The first-order chi connectivity index (χ1) is 17.7. The quantitative estimate of drug-likeness (QED) is 0.161. The second-order valence-electron chi connectivity index (χ2n) is 8.41. The summed E-state index contributed by atoms with van der Waals surface area (Å²) < 4.78 is 0. The van der Waals surface area contributed by atoms with Crippen molar-refractivity contribution >= 4 is 0 Å². The van der Waals surface area contributed by atoms with Gasteiger partial charge in [0.15, 0.2) is 0 Å². The van der Waals surface area contributed by atoms with E-state index in [0.717, 1.165) is 22.3 Å². The van der Waals surface area contributed by atoms with Crippen molar-refractivity contribution in [3.05, 3.63) is 180 Å². The van der Waals surface area contributed by atoms with Crippen molar-refractivity contribution in [3.63, 3.8) is 0 Å². The van der Waals surface area contributed by atoms with E-state index in [0.29, 0.717) is 0 Å². The van der Waals surface area contributed by atoms with Crippen LogP contribution in [0.1, 0.15) is 34.5 Å². The summed E-state index contributed by atoms with van der Waals surface area (Å²) >= 11 is 0. The van der Waals surface area contributed by atoms with Crippen LogP contribution < -0.4 is 0 Å². The summed E-state index contributed by atoms with van der Waals surface area (Å²) in [7, 11) is 0. The standard InChI is InChI=1S/2C12H11O.C10H8.2Fe/c2*13-12(11-8-4-5-9-11)10-6-2-1-3-7-10;1-2-6-9(5-1)10-7-3-4-8-10;;/h2*1-9,12-13H;1-8H;;/q2*-1;-2;;. The number of hydrogen-bond donors (Lipinski definition) is 2. The average Bonchev–Trinajstić information content (AvgIpc) is 3.76. The topological polar surface area (TPSA) is 40.5 Å². The second-order valence-corrected chi connectivity index (χ2v) is 8.41. The van der Waals surface area contributed by atoms with Gasteiger partial charge in [0, 0.05) is 34.1 Å². The van der Waals surface area contributed by atoms with Crippen LogP contribution in [0.3, 0.4) is 0 Å². The van der Waals surface area contributed by atoms with E-state index in [1.54, 1.807) is 0 Å². The molecule has 0 fully saturated rings. The van der Waals surface area contributed by atoms with Crippen LogP contribution in [0.2, 0.25) is 0 Å². The van der Waals surface area contributed by atoms with Gasteiger partial charge in [0.05, 0.1) is 12.2 Å². The van der Waals surface area contributed by atoms with E-state index in [1.165, 1.54) is 11.1 Å². The monoisotopic (exact) mass is 582 g/mol. The minimum atomic E-state index is -0.490. The van der Waals surface area contributed by atoms with Gasteiger partial charge < -0.3 is 10.2 Å². The average molecular weight is 582 g/mol. The number of aliphatic hydroxyl groups excluding tert-OH is 2. The maximum absolute atomic E-state index is 9.88. The van der Waals surface area contributed by atoms with Crippen molar-refractivity contribution in [1.29, 1.82) is 0 Å². The van der Waals surface area contributed by atoms with E-state index in [9.17, 15) is 10.2 Å². The zero-order valence-corrected chi connectivity index (χ0v) is 23.0. The van der Waals surface area contributed by atoms with Gasteiger partial charge in [0.2, 0.25) is 0 Å². The van der Waals surface area contributed by atoms with Gasteiger partial charge in [-0.25, -0.2) is 24.3 Å². The molecule has 2 unspecified atom stereocenters. The van der Waals surface area contributed by atoms with Crippen LogP contribution in [0.15, 0.2) is 158 Å². The molecule has 0 saturated carbocycles. The smallest absolute Gasteiger partial charge is 0.0602 e. The van der Waals surface area contributed by atoms with Gasteiger partial charge >= 0.3 is 0 Å². The molecule has 0 bridgehead atoms. The van der Waals surface area contributed by atoms with Gasteiger partial charge in [-0.15, -0.1) is 11.1 Å². The zero-order valence-electron chi connectivity index (χ0n) is 20.8. The molecule has 2 atom stereocenters. The summed E-state index contributed by atoms with van der Waals surface area (Å²) in [4.78, 5) is 0. The zero-order chi connectivity index (χ0) is 25.0. The summed E-state index contributed by atoms with van der Waals surface area (Å²) in [5.41, 5.74) is 6.40. The molecule has 0 amide bonds. The Morgan fingerprint density at radius 2 is 0.632 bits per heavy atom. The van der Waals surface area contributed by atoms with Gasteiger partial charge in [0.25, 0.3) is 0 Å². The van der Waals surface area contributed by atoms with Gasteiger partial charge in [0.1, 0.15) is 0 Å². The Kier molecular flexibility index (Phi) is 13.6. The van der Waals surface area contributed by atoms with Crippen LogP contribution in [0, 0.1) is 0 Å². The third-order valence-electron chi connectivity index (χ3n) is 5.90. The number of hydrogen-bond acceptors (Lipinski definition) is 2. The first-order valence-corrected chi connectivity index (χ1v) is 12.1. The SMILES string of the molecule is OC(c1ccccc1)[c-]1cccc1.OC(c1ccccc1)[c-]1cccc1.[Fe].[Fe].c1cc[c-](-[c-]2cccc2)c1. The molecule has 2 N–H and O–H groups in total. The van der Waals surface area contributed by atoms with Gasteiger partial charge in [-0.05, 0) is 11.1 Å². The van der Waals surface area contributed by atoms with Crippen LogP contribution in [-0.2, 0) is 34.1 Å². The van der Waals surface area contributed by atoms with E-state index < -0.39 is 12.2 Å². The molecule has 6 aromatic rings. The Labute approximate surface area is 246 Å².